The lowest BCUT2D eigenvalue weighted by Crippen LogP contribution is -2.46. The highest BCUT2D eigenvalue weighted by atomic mass is 16.4. The molecule has 0 aliphatic carbocycles. The molecule has 0 saturated heterocycles. The lowest BCUT2D eigenvalue weighted by Gasteiger charge is -2.27. The van der Waals surface area contributed by atoms with Crippen molar-refractivity contribution in [3.05, 3.63) is 83.7 Å². The van der Waals surface area contributed by atoms with Crippen molar-refractivity contribution in [2.75, 3.05) is 64.2 Å². The number of aliphatic carboxylic acids is 4. The monoisotopic (exact) mass is 686 g/mol. The van der Waals surface area contributed by atoms with Gasteiger partial charge in [0.1, 0.15) is 5.69 Å². The lowest BCUT2D eigenvalue weighted by molar-refractivity contribution is -0.143. The summed E-state index contributed by atoms with van der Waals surface area (Å²) >= 11 is 0. The van der Waals surface area contributed by atoms with Crippen LogP contribution in [0, 0.1) is 18.8 Å². The van der Waals surface area contributed by atoms with Gasteiger partial charge in [0.25, 0.3) is 0 Å². The molecule has 2 heterocycles. The minimum absolute atomic E-state index is 0.00315. The van der Waals surface area contributed by atoms with E-state index in [1.165, 1.54) is 9.80 Å². The Morgan fingerprint density at radius 3 is 1.82 bits per heavy atom. The van der Waals surface area contributed by atoms with Crippen molar-refractivity contribution in [3.63, 3.8) is 0 Å². The third-order valence-corrected chi connectivity index (χ3v) is 7.15. The number of aromatic nitrogens is 2. The summed E-state index contributed by atoms with van der Waals surface area (Å²) in [6.45, 7) is 3.34. The standard InChI is InChI=1S/C35H38N6O9/c1-3-26-5-4-14-36-35(26)34-24(2)6-10-28(38-34)13-9-25-7-11-27(12-8-25)37-29(42)19-40(21-31(45)46)17-15-39(20-30(43)44)16-18-41(22-32(47)48)23-33(49)50/h3-8,10-12,14H,1,15-23H2,2H3,(H,37,42)(H,43,44)(H,45,46)(H,47,48)(H,49,50). The second-order valence-electron chi connectivity index (χ2n) is 11.2. The van der Waals surface area contributed by atoms with Crippen LogP contribution in [0.5, 0.6) is 0 Å². The molecule has 0 unspecified atom stereocenters. The molecule has 3 rings (SSSR count). The van der Waals surface area contributed by atoms with E-state index in [0.29, 0.717) is 28.3 Å². The molecule has 3 aromatic rings. The van der Waals surface area contributed by atoms with E-state index in [-0.39, 0.29) is 32.7 Å². The van der Waals surface area contributed by atoms with Crippen LogP contribution in [0.15, 0.2) is 61.3 Å². The van der Waals surface area contributed by atoms with E-state index in [1.54, 1.807) is 36.5 Å². The van der Waals surface area contributed by atoms with Crippen LogP contribution in [0.1, 0.15) is 22.4 Å². The predicted octanol–water partition coefficient (Wildman–Crippen LogP) is 1.68. The Kier molecular flexibility index (Phi) is 14.7. The summed E-state index contributed by atoms with van der Waals surface area (Å²) in [7, 11) is 0. The number of anilines is 1. The third-order valence-electron chi connectivity index (χ3n) is 7.15. The summed E-state index contributed by atoms with van der Waals surface area (Å²) in [5.41, 5.74) is 4.86. The molecule has 0 fully saturated rings. The summed E-state index contributed by atoms with van der Waals surface area (Å²) in [6.07, 6.45) is 3.41. The first-order valence-electron chi connectivity index (χ1n) is 15.3. The molecule has 15 heteroatoms. The van der Waals surface area contributed by atoms with Gasteiger partial charge in [-0.1, -0.05) is 30.7 Å². The molecular weight excluding hydrogens is 648 g/mol. The highest BCUT2D eigenvalue weighted by Crippen LogP contribution is 2.23. The molecule has 2 aromatic heterocycles. The quantitative estimate of drug-likeness (QED) is 0.114. The van der Waals surface area contributed by atoms with Gasteiger partial charge in [0.15, 0.2) is 0 Å². The zero-order chi connectivity index (χ0) is 36.6. The number of benzene rings is 1. The average molecular weight is 687 g/mol. The number of aryl methyl sites for hydroxylation is 1. The van der Waals surface area contributed by atoms with Gasteiger partial charge >= 0.3 is 23.9 Å². The molecule has 0 spiro atoms. The second kappa shape index (κ2) is 19.1. The Balaban J connectivity index is 1.62. The maximum absolute atomic E-state index is 12.8. The van der Waals surface area contributed by atoms with Crippen LogP contribution in [-0.4, -0.2) is 134 Å². The Morgan fingerprint density at radius 1 is 0.720 bits per heavy atom. The first-order valence-corrected chi connectivity index (χ1v) is 15.3. The Morgan fingerprint density at radius 2 is 1.26 bits per heavy atom. The molecule has 1 amide bonds. The normalized spacial score (nSPS) is 10.8. The number of carboxylic acid groups (broad SMARTS) is 4. The number of carbonyl (C=O) groups excluding carboxylic acids is 1. The van der Waals surface area contributed by atoms with Crippen molar-refractivity contribution in [2.24, 2.45) is 0 Å². The van der Waals surface area contributed by atoms with Gasteiger partial charge in [0.05, 0.1) is 44.1 Å². The number of pyridine rings is 2. The van der Waals surface area contributed by atoms with Gasteiger partial charge < -0.3 is 25.7 Å². The van der Waals surface area contributed by atoms with Gasteiger partial charge in [-0.15, -0.1) is 0 Å². The molecule has 0 aliphatic rings. The average Bonchev–Trinajstić information content (AvgIpc) is 3.05. The van der Waals surface area contributed by atoms with Crippen LogP contribution in [-0.2, 0) is 24.0 Å². The molecule has 5 N–H and O–H groups in total. The van der Waals surface area contributed by atoms with Gasteiger partial charge in [-0.25, -0.2) is 4.98 Å². The van der Waals surface area contributed by atoms with Crippen molar-refractivity contribution < 1.29 is 44.4 Å². The highest BCUT2D eigenvalue weighted by molar-refractivity contribution is 5.92. The fraction of sp³-hybridized carbons (Fsp3) is 0.286. The number of carbonyl (C=O) groups is 5. The summed E-state index contributed by atoms with van der Waals surface area (Å²) < 4.78 is 0. The number of hydrogen-bond donors (Lipinski definition) is 5. The van der Waals surface area contributed by atoms with E-state index in [1.807, 2.05) is 31.2 Å². The van der Waals surface area contributed by atoms with E-state index >= 15 is 0 Å². The fourth-order valence-electron chi connectivity index (χ4n) is 4.82. The van der Waals surface area contributed by atoms with Crippen molar-refractivity contribution >= 4 is 41.5 Å². The first kappa shape index (κ1) is 38.5. The zero-order valence-corrected chi connectivity index (χ0v) is 27.4. The number of amides is 1. The molecule has 0 saturated carbocycles. The van der Waals surface area contributed by atoms with Crippen molar-refractivity contribution in [2.45, 2.75) is 6.92 Å². The number of hydrogen-bond acceptors (Lipinski definition) is 10. The first-order chi connectivity index (χ1) is 23.8. The summed E-state index contributed by atoms with van der Waals surface area (Å²) in [5, 5.41) is 39.5. The minimum atomic E-state index is -1.24. The third kappa shape index (κ3) is 13.3. The number of carboxylic acids is 4. The van der Waals surface area contributed by atoms with Crippen LogP contribution in [0.4, 0.5) is 5.69 Å². The number of rotatable bonds is 19. The topological polar surface area (TPSA) is 214 Å². The van der Waals surface area contributed by atoms with Crippen LogP contribution >= 0.6 is 0 Å². The van der Waals surface area contributed by atoms with E-state index in [2.05, 4.69) is 33.7 Å². The number of nitrogens with one attached hydrogen (secondary N) is 1. The maximum atomic E-state index is 12.8. The Hall–Kier alpha value is -5.95. The zero-order valence-electron chi connectivity index (χ0n) is 27.4. The van der Waals surface area contributed by atoms with Crippen molar-refractivity contribution in [3.8, 4) is 23.2 Å². The van der Waals surface area contributed by atoms with E-state index in [0.717, 1.165) is 16.0 Å². The van der Waals surface area contributed by atoms with Crippen LogP contribution < -0.4 is 5.32 Å². The smallest absolute Gasteiger partial charge is 0.317 e. The molecule has 1 aromatic carbocycles. The van der Waals surface area contributed by atoms with E-state index < -0.39 is 56.0 Å². The van der Waals surface area contributed by atoms with Gasteiger partial charge in [-0.2, -0.15) is 0 Å². The minimum Gasteiger partial charge on any atom is -0.480 e. The molecule has 262 valence electrons. The maximum Gasteiger partial charge on any atom is 0.317 e. The van der Waals surface area contributed by atoms with E-state index in [4.69, 9.17) is 10.2 Å². The highest BCUT2D eigenvalue weighted by Gasteiger charge is 2.20. The summed E-state index contributed by atoms with van der Waals surface area (Å²) in [5.74, 6) is 0.728. The molecule has 15 nitrogen and oxygen atoms in total. The molecule has 50 heavy (non-hydrogen) atoms. The fourth-order valence-corrected chi connectivity index (χ4v) is 4.82. The van der Waals surface area contributed by atoms with Crippen molar-refractivity contribution in [1.82, 2.24) is 24.7 Å². The molecule has 0 atom stereocenters. The van der Waals surface area contributed by atoms with Crippen molar-refractivity contribution in [1.29, 1.82) is 0 Å². The van der Waals surface area contributed by atoms with E-state index in [9.17, 15) is 34.2 Å². The molecule has 0 radical (unpaired) electrons. The Bertz CT molecular complexity index is 1750. The molecule has 0 bridgehead atoms. The van der Waals surface area contributed by atoms with Crippen LogP contribution in [0.25, 0.3) is 17.5 Å². The number of nitrogens with zero attached hydrogens (tertiary/aromatic N) is 5. The van der Waals surface area contributed by atoms with Gasteiger partial charge in [0.2, 0.25) is 5.91 Å². The largest absolute Gasteiger partial charge is 0.480 e. The molecular formula is C35H38N6O9. The Labute approximate surface area is 288 Å². The van der Waals surface area contributed by atoms with Crippen LogP contribution in [0.2, 0.25) is 0 Å². The summed E-state index contributed by atoms with van der Waals surface area (Å²) in [6, 6.07) is 14.2. The van der Waals surface area contributed by atoms with Gasteiger partial charge in [0, 0.05) is 49.2 Å². The second-order valence-corrected chi connectivity index (χ2v) is 11.2. The van der Waals surface area contributed by atoms with Crippen LogP contribution in [0.3, 0.4) is 0 Å². The molecule has 0 aliphatic heterocycles. The van der Waals surface area contributed by atoms with Gasteiger partial charge in [-0.05, 0) is 54.8 Å². The summed E-state index contributed by atoms with van der Waals surface area (Å²) in [4.78, 5) is 71.0. The SMILES string of the molecule is C=Cc1cccnc1-c1nc(C#Cc2ccc(NC(=O)CN(CCN(CCN(CC(=O)O)CC(=O)O)CC(=O)O)CC(=O)O)cc2)ccc1C. The predicted molar refractivity (Wildman–Crippen MR) is 183 cm³/mol. The lowest BCUT2D eigenvalue weighted by atomic mass is 10.1. The van der Waals surface area contributed by atoms with Gasteiger partial charge in [-0.3, -0.25) is 43.7 Å².